The predicted molar refractivity (Wildman–Crippen MR) is 75.5 cm³/mol. The Kier molecular flexibility index (Phi) is 3.98. The van der Waals surface area contributed by atoms with Gasteiger partial charge in [0.1, 0.15) is 29.3 Å². The van der Waals surface area contributed by atoms with Crippen LogP contribution in [0.15, 0.2) is 23.6 Å². The fourth-order valence-electron chi connectivity index (χ4n) is 2.13. The predicted octanol–water partition coefficient (Wildman–Crippen LogP) is 4.02. The third kappa shape index (κ3) is 2.99. The molecule has 0 aliphatic carbocycles. The summed E-state index contributed by atoms with van der Waals surface area (Å²) in [4.78, 5) is 4.52. The van der Waals surface area contributed by atoms with E-state index in [0.29, 0.717) is 17.9 Å². The molecule has 2 aromatic rings. The molecule has 0 spiro atoms. The van der Waals surface area contributed by atoms with Crippen LogP contribution in [-0.2, 0) is 11.3 Å². The molecule has 2 heterocycles. The maximum atomic E-state index is 13.4. The Morgan fingerprint density at radius 3 is 3.15 bits per heavy atom. The van der Waals surface area contributed by atoms with E-state index in [1.165, 1.54) is 6.07 Å². The number of nitrogens with zero attached hydrogens (tertiary/aromatic N) is 1. The third-order valence-corrected chi connectivity index (χ3v) is 4.29. The van der Waals surface area contributed by atoms with Crippen molar-refractivity contribution in [2.75, 3.05) is 6.61 Å². The minimum absolute atomic E-state index is 0.144. The fourth-order valence-corrected chi connectivity index (χ4v) is 3.02. The van der Waals surface area contributed by atoms with E-state index >= 15 is 0 Å². The summed E-state index contributed by atoms with van der Waals surface area (Å²) in [6.07, 6.45) is 2.28. The normalized spacial score (nSPS) is 18.4. The van der Waals surface area contributed by atoms with Gasteiger partial charge in [-0.1, -0.05) is 6.07 Å². The highest BCUT2D eigenvalue weighted by atomic mass is 32.1. The summed E-state index contributed by atoms with van der Waals surface area (Å²) >= 11 is 1.60. The molecule has 1 fully saturated rings. The largest absolute Gasteiger partial charge is 0.487 e. The van der Waals surface area contributed by atoms with Crippen molar-refractivity contribution in [1.29, 1.82) is 0 Å². The number of benzene rings is 1. The number of hydrogen-bond donors (Lipinski definition) is 0. The first-order valence-corrected chi connectivity index (χ1v) is 7.55. The van der Waals surface area contributed by atoms with Crippen molar-refractivity contribution in [3.05, 3.63) is 45.7 Å². The molecule has 3 nitrogen and oxygen atoms in total. The first-order chi connectivity index (χ1) is 9.72. The van der Waals surface area contributed by atoms with E-state index in [4.69, 9.17) is 9.47 Å². The summed E-state index contributed by atoms with van der Waals surface area (Å²) in [5, 5.41) is 2.98. The number of rotatable bonds is 4. The van der Waals surface area contributed by atoms with Gasteiger partial charge in [-0.3, -0.25) is 0 Å². The molecule has 1 atom stereocenters. The molecule has 0 N–H and O–H groups in total. The zero-order chi connectivity index (χ0) is 13.9. The molecule has 0 unspecified atom stereocenters. The van der Waals surface area contributed by atoms with Crippen LogP contribution in [0.2, 0.25) is 0 Å². The average Bonchev–Trinajstić information content (AvgIpc) is 3.09. The molecule has 3 rings (SSSR count). The first-order valence-electron chi connectivity index (χ1n) is 6.67. The molecule has 20 heavy (non-hydrogen) atoms. The second-order valence-electron chi connectivity index (χ2n) is 4.88. The van der Waals surface area contributed by atoms with E-state index in [9.17, 15) is 4.39 Å². The molecule has 5 heteroatoms. The Labute approximate surface area is 121 Å². The van der Waals surface area contributed by atoms with Crippen LogP contribution in [0.3, 0.4) is 0 Å². The number of thiazole rings is 1. The van der Waals surface area contributed by atoms with Crippen LogP contribution < -0.4 is 4.74 Å². The third-order valence-electron chi connectivity index (χ3n) is 3.30. The topological polar surface area (TPSA) is 31.4 Å². The molecular formula is C15H16FNO2S. The Morgan fingerprint density at radius 1 is 1.50 bits per heavy atom. The van der Waals surface area contributed by atoms with Crippen molar-refractivity contribution in [3.8, 4) is 5.75 Å². The molecule has 1 saturated heterocycles. The van der Waals surface area contributed by atoms with Gasteiger partial charge in [0.25, 0.3) is 0 Å². The zero-order valence-corrected chi connectivity index (χ0v) is 12.1. The van der Waals surface area contributed by atoms with E-state index in [-0.39, 0.29) is 11.9 Å². The first kappa shape index (κ1) is 13.5. The van der Waals surface area contributed by atoms with Gasteiger partial charge in [-0.25, -0.2) is 9.37 Å². The van der Waals surface area contributed by atoms with Gasteiger partial charge in [0.15, 0.2) is 0 Å². The molecule has 0 radical (unpaired) electrons. The summed E-state index contributed by atoms with van der Waals surface area (Å²) in [6.45, 7) is 2.90. The maximum Gasteiger partial charge on any atom is 0.131 e. The van der Waals surface area contributed by atoms with Gasteiger partial charge in [0, 0.05) is 18.1 Å². The van der Waals surface area contributed by atoms with Crippen molar-refractivity contribution in [2.45, 2.75) is 32.5 Å². The smallest absolute Gasteiger partial charge is 0.131 e. The molecule has 1 aromatic carbocycles. The standard InChI is InChI=1S/C15H16FNO2S/c1-10-4-5-12(7-13(10)16)19-8-11-9-20-15(17-11)14-3-2-6-18-14/h4-5,7,9,14H,2-3,6,8H2,1H3/t14-/m1/s1. The van der Waals surface area contributed by atoms with E-state index in [0.717, 1.165) is 30.2 Å². The summed E-state index contributed by atoms with van der Waals surface area (Å²) in [5.41, 5.74) is 1.48. The van der Waals surface area contributed by atoms with Gasteiger partial charge in [-0.15, -0.1) is 11.3 Å². The Hall–Kier alpha value is -1.46. The van der Waals surface area contributed by atoms with Crippen LogP contribution in [0, 0.1) is 12.7 Å². The summed E-state index contributed by atoms with van der Waals surface area (Å²) < 4.78 is 24.6. The molecule has 106 valence electrons. The molecule has 1 aromatic heterocycles. The lowest BCUT2D eigenvalue weighted by Gasteiger charge is -2.06. The number of ether oxygens (including phenoxy) is 2. The quantitative estimate of drug-likeness (QED) is 0.853. The van der Waals surface area contributed by atoms with Gasteiger partial charge < -0.3 is 9.47 Å². The van der Waals surface area contributed by atoms with E-state index in [1.807, 2.05) is 5.38 Å². The monoisotopic (exact) mass is 293 g/mol. The molecule has 1 aliphatic rings. The van der Waals surface area contributed by atoms with Gasteiger partial charge in [-0.2, -0.15) is 0 Å². The highest BCUT2D eigenvalue weighted by Gasteiger charge is 2.20. The van der Waals surface area contributed by atoms with E-state index < -0.39 is 0 Å². The van der Waals surface area contributed by atoms with Crippen molar-refractivity contribution in [1.82, 2.24) is 4.98 Å². The van der Waals surface area contributed by atoms with Crippen LogP contribution in [0.25, 0.3) is 0 Å². The lowest BCUT2D eigenvalue weighted by atomic mass is 10.2. The molecule has 0 saturated carbocycles. The molecule has 0 bridgehead atoms. The Bertz CT molecular complexity index is 593. The number of aromatic nitrogens is 1. The average molecular weight is 293 g/mol. The van der Waals surface area contributed by atoms with Crippen LogP contribution in [0.5, 0.6) is 5.75 Å². The number of aryl methyl sites for hydroxylation is 1. The van der Waals surface area contributed by atoms with Gasteiger partial charge in [0.2, 0.25) is 0 Å². The Morgan fingerprint density at radius 2 is 2.40 bits per heavy atom. The van der Waals surface area contributed by atoms with Crippen LogP contribution in [0.1, 0.15) is 35.2 Å². The molecular weight excluding hydrogens is 277 g/mol. The van der Waals surface area contributed by atoms with Crippen LogP contribution in [-0.4, -0.2) is 11.6 Å². The number of halogens is 1. The minimum Gasteiger partial charge on any atom is -0.487 e. The van der Waals surface area contributed by atoms with E-state index in [1.54, 1.807) is 30.4 Å². The van der Waals surface area contributed by atoms with Crippen molar-refractivity contribution in [3.63, 3.8) is 0 Å². The summed E-state index contributed by atoms with van der Waals surface area (Å²) in [6, 6.07) is 4.89. The zero-order valence-electron chi connectivity index (χ0n) is 11.3. The molecule has 1 aliphatic heterocycles. The van der Waals surface area contributed by atoms with Crippen LogP contribution in [0.4, 0.5) is 4.39 Å². The maximum absolute atomic E-state index is 13.4. The highest BCUT2D eigenvalue weighted by Crippen LogP contribution is 2.30. The summed E-state index contributed by atoms with van der Waals surface area (Å²) in [7, 11) is 0. The van der Waals surface area contributed by atoms with Gasteiger partial charge in [-0.05, 0) is 31.4 Å². The van der Waals surface area contributed by atoms with Gasteiger partial charge >= 0.3 is 0 Å². The fraction of sp³-hybridized carbons (Fsp3) is 0.400. The lowest BCUT2D eigenvalue weighted by molar-refractivity contribution is 0.111. The van der Waals surface area contributed by atoms with Crippen molar-refractivity contribution in [2.24, 2.45) is 0 Å². The van der Waals surface area contributed by atoms with Crippen molar-refractivity contribution >= 4 is 11.3 Å². The minimum atomic E-state index is -0.249. The summed E-state index contributed by atoms with van der Waals surface area (Å²) in [5.74, 6) is 0.278. The molecule has 0 amide bonds. The van der Waals surface area contributed by atoms with E-state index in [2.05, 4.69) is 4.98 Å². The lowest BCUT2D eigenvalue weighted by Crippen LogP contribution is -1.99. The number of hydrogen-bond acceptors (Lipinski definition) is 4. The highest BCUT2D eigenvalue weighted by molar-refractivity contribution is 7.09. The van der Waals surface area contributed by atoms with Gasteiger partial charge in [0.05, 0.1) is 5.69 Å². The second kappa shape index (κ2) is 5.89. The van der Waals surface area contributed by atoms with Crippen LogP contribution >= 0.6 is 11.3 Å². The SMILES string of the molecule is Cc1ccc(OCc2csc([C@H]3CCCO3)n2)cc1F. The Balaban J connectivity index is 1.61. The van der Waals surface area contributed by atoms with Crippen molar-refractivity contribution < 1.29 is 13.9 Å². The second-order valence-corrected chi connectivity index (χ2v) is 5.77.